The molecule has 1 amide bonds. The number of rotatable bonds is 6. The van der Waals surface area contributed by atoms with Gasteiger partial charge in [0, 0.05) is 11.6 Å². The predicted molar refractivity (Wildman–Crippen MR) is 107 cm³/mol. The quantitative estimate of drug-likeness (QED) is 0.657. The first-order valence-corrected chi connectivity index (χ1v) is 8.76. The van der Waals surface area contributed by atoms with Gasteiger partial charge in [-0.3, -0.25) is 4.79 Å². The monoisotopic (exact) mass is 365 g/mol. The number of aromatic nitrogens is 1. The van der Waals surface area contributed by atoms with Crippen molar-refractivity contribution in [2.75, 3.05) is 10.6 Å². The zero-order valence-corrected chi connectivity index (χ0v) is 15.3. The first kappa shape index (κ1) is 18.0. The smallest absolute Gasteiger partial charge is 0.228 e. The molecule has 26 heavy (non-hydrogen) atoms. The second kappa shape index (κ2) is 8.50. The fourth-order valence-electron chi connectivity index (χ4n) is 2.46. The minimum Gasteiger partial charge on any atom is -0.366 e. The molecule has 0 saturated carbocycles. The maximum absolute atomic E-state index is 12.1. The Bertz CT molecular complexity index is 859. The van der Waals surface area contributed by atoms with Crippen LogP contribution in [0.4, 0.5) is 11.5 Å². The van der Waals surface area contributed by atoms with Gasteiger partial charge in [-0.25, -0.2) is 4.98 Å². The highest BCUT2D eigenvalue weighted by molar-refractivity contribution is 6.30. The van der Waals surface area contributed by atoms with E-state index in [-0.39, 0.29) is 5.91 Å². The molecule has 1 aromatic heterocycles. The Labute approximate surface area is 158 Å². The maximum Gasteiger partial charge on any atom is 0.228 e. The van der Waals surface area contributed by atoms with E-state index < -0.39 is 0 Å². The van der Waals surface area contributed by atoms with Crippen molar-refractivity contribution in [3.05, 3.63) is 88.6 Å². The Morgan fingerprint density at radius 1 is 0.962 bits per heavy atom. The van der Waals surface area contributed by atoms with Crippen LogP contribution < -0.4 is 10.6 Å². The van der Waals surface area contributed by atoms with Crippen molar-refractivity contribution in [1.29, 1.82) is 0 Å². The molecule has 0 saturated heterocycles. The number of aryl methyl sites for hydroxylation is 1. The molecule has 5 heteroatoms. The van der Waals surface area contributed by atoms with Crippen LogP contribution in [0.2, 0.25) is 5.02 Å². The van der Waals surface area contributed by atoms with E-state index in [4.69, 9.17) is 11.6 Å². The van der Waals surface area contributed by atoms with E-state index in [9.17, 15) is 4.79 Å². The normalized spacial score (nSPS) is 10.4. The number of benzene rings is 2. The molecule has 3 aromatic rings. The van der Waals surface area contributed by atoms with Gasteiger partial charge in [-0.05, 0) is 42.3 Å². The van der Waals surface area contributed by atoms with Crippen molar-refractivity contribution in [3.8, 4) is 0 Å². The Morgan fingerprint density at radius 2 is 1.65 bits per heavy atom. The average molecular weight is 366 g/mol. The van der Waals surface area contributed by atoms with Gasteiger partial charge in [0.05, 0.1) is 18.3 Å². The molecular weight excluding hydrogens is 346 g/mol. The lowest BCUT2D eigenvalue weighted by molar-refractivity contribution is -0.115. The Kier molecular flexibility index (Phi) is 5.87. The topological polar surface area (TPSA) is 54.0 Å². The third kappa shape index (κ3) is 5.33. The zero-order chi connectivity index (χ0) is 18.4. The predicted octanol–water partition coefficient (Wildman–Crippen LogP) is 4.84. The Balaban J connectivity index is 1.51. The number of nitrogens with zero attached hydrogens (tertiary/aromatic N) is 1. The Hall–Kier alpha value is -2.85. The van der Waals surface area contributed by atoms with Crippen molar-refractivity contribution in [2.24, 2.45) is 0 Å². The highest BCUT2D eigenvalue weighted by atomic mass is 35.5. The van der Waals surface area contributed by atoms with Crippen LogP contribution >= 0.6 is 11.6 Å². The molecule has 0 aliphatic rings. The summed E-state index contributed by atoms with van der Waals surface area (Å²) in [6.45, 7) is 2.68. The number of hydrogen-bond donors (Lipinski definition) is 2. The van der Waals surface area contributed by atoms with Crippen LogP contribution in [-0.4, -0.2) is 10.9 Å². The van der Waals surface area contributed by atoms with Gasteiger partial charge in [0.1, 0.15) is 5.82 Å². The van der Waals surface area contributed by atoms with E-state index in [2.05, 4.69) is 15.6 Å². The summed E-state index contributed by atoms with van der Waals surface area (Å²) < 4.78 is 0. The number of carbonyl (C=O) groups is 1. The third-order valence-corrected chi connectivity index (χ3v) is 4.17. The number of anilines is 2. The average Bonchev–Trinajstić information content (AvgIpc) is 2.64. The van der Waals surface area contributed by atoms with E-state index >= 15 is 0 Å². The summed E-state index contributed by atoms with van der Waals surface area (Å²) in [6.07, 6.45) is 1.99. The highest BCUT2D eigenvalue weighted by Gasteiger charge is 2.05. The molecule has 2 N–H and O–H groups in total. The van der Waals surface area contributed by atoms with Gasteiger partial charge in [0.25, 0.3) is 0 Å². The minimum atomic E-state index is -0.0578. The lowest BCUT2D eigenvalue weighted by Gasteiger charge is -2.08. The van der Waals surface area contributed by atoms with E-state index in [1.807, 2.05) is 67.6 Å². The molecule has 0 radical (unpaired) electrons. The largest absolute Gasteiger partial charge is 0.366 e. The fourth-order valence-corrected chi connectivity index (χ4v) is 2.59. The van der Waals surface area contributed by atoms with Gasteiger partial charge in [-0.2, -0.15) is 0 Å². The van der Waals surface area contributed by atoms with Gasteiger partial charge in [-0.1, -0.05) is 53.6 Å². The van der Waals surface area contributed by atoms with Crippen LogP contribution in [0.5, 0.6) is 0 Å². The molecule has 0 bridgehead atoms. The number of carbonyl (C=O) groups excluding carboxylic acids is 1. The van der Waals surface area contributed by atoms with Crippen LogP contribution in [0.25, 0.3) is 0 Å². The number of halogens is 1. The number of pyridine rings is 1. The van der Waals surface area contributed by atoms with Crippen LogP contribution in [-0.2, 0) is 17.8 Å². The lowest BCUT2D eigenvalue weighted by atomic mass is 10.1. The number of nitrogens with one attached hydrogen (secondary N) is 2. The first-order chi connectivity index (χ1) is 12.6. The minimum absolute atomic E-state index is 0.0578. The molecule has 0 aliphatic carbocycles. The van der Waals surface area contributed by atoms with E-state index in [0.717, 1.165) is 22.0 Å². The van der Waals surface area contributed by atoms with E-state index in [1.54, 1.807) is 6.20 Å². The molecule has 0 atom stereocenters. The molecule has 4 nitrogen and oxygen atoms in total. The first-order valence-electron chi connectivity index (χ1n) is 8.38. The molecule has 2 aromatic carbocycles. The molecule has 0 fully saturated rings. The second-order valence-corrected chi connectivity index (χ2v) is 6.56. The molecule has 0 spiro atoms. The summed E-state index contributed by atoms with van der Waals surface area (Å²) in [5.74, 6) is 0.689. The number of hydrogen-bond acceptors (Lipinski definition) is 3. The number of amides is 1. The van der Waals surface area contributed by atoms with Gasteiger partial charge < -0.3 is 10.6 Å². The van der Waals surface area contributed by atoms with Gasteiger partial charge in [-0.15, -0.1) is 0 Å². The van der Waals surface area contributed by atoms with Crippen molar-refractivity contribution in [3.63, 3.8) is 0 Å². The molecule has 0 unspecified atom stereocenters. The van der Waals surface area contributed by atoms with Crippen molar-refractivity contribution in [1.82, 2.24) is 4.98 Å². The zero-order valence-electron chi connectivity index (χ0n) is 14.5. The summed E-state index contributed by atoms with van der Waals surface area (Å²) in [7, 11) is 0. The summed E-state index contributed by atoms with van der Waals surface area (Å²) in [5.41, 5.74) is 3.97. The van der Waals surface area contributed by atoms with Crippen LogP contribution in [0.3, 0.4) is 0 Å². The summed E-state index contributed by atoms with van der Waals surface area (Å²) in [4.78, 5) is 16.5. The van der Waals surface area contributed by atoms with Crippen molar-refractivity contribution >= 4 is 29.0 Å². The third-order valence-electron chi connectivity index (χ3n) is 3.92. The lowest BCUT2D eigenvalue weighted by Crippen LogP contribution is -2.14. The summed E-state index contributed by atoms with van der Waals surface area (Å²) >= 11 is 5.88. The Morgan fingerprint density at radius 3 is 2.31 bits per heavy atom. The molecule has 0 aliphatic heterocycles. The molecule has 1 heterocycles. The molecule has 132 valence electrons. The standard InChI is InChI=1S/C21H20ClN3O/c1-15-2-4-16(5-3-15)12-21(26)25-19-10-11-20(24-14-19)23-13-17-6-8-18(22)9-7-17/h2-11,14H,12-13H2,1H3,(H,23,24)(H,25,26). The molecule has 3 rings (SSSR count). The van der Waals surface area contributed by atoms with Gasteiger partial charge >= 0.3 is 0 Å². The second-order valence-electron chi connectivity index (χ2n) is 6.12. The van der Waals surface area contributed by atoms with E-state index in [0.29, 0.717) is 18.7 Å². The fraction of sp³-hybridized carbons (Fsp3) is 0.143. The van der Waals surface area contributed by atoms with Crippen LogP contribution in [0, 0.1) is 6.92 Å². The van der Waals surface area contributed by atoms with Crippen molar-refractivity contribution in [2.45, 2.75) is 19.9 Å². The SMILES string of the molecule is Cc1ccc(CC(=O)Nc2ccc(NCc3ccc(Cl)cc3)nc2)cc1. The van der Waals surface area contributed by atoms with Crippen molar-refractivity contribution < 1.29 is 4.79 Å². The van der Waals surface area contributed by atoms with E-state index in [1.165, 1.54) is 5.56 Å². The van der Waals surface area contributed by atoms with Gasteiger partial charge in [0.15, 0.2) is 0 Å². The van der Waals surface area contributed by atoms with Crippen LogP contribution in [0.15, 0.2) is 66.9 Å². The maximum atomic E-state index is 12.1. The summed E-state index contributed by atoms with van der Waals surface area (Å²) in [5, 5.41) is 6.83. The molecular formula is C21H20ClN3O. The highest BCUT2D eigenvalue weighted by Crippen LogP contribution is 2.14. The summed E-state index contributed by atoms with van der Waals surface area (Å²) in [6, 6.07) is 19.3. The van der Waals surface area contributed by atoms with Crippen LogP contribution in [0.1, 0.15) is 16.7 Å². The van der Waals surface area contributed by atoms with Gasteiger partial charge in [0.2, 0.25) is 5.91 Å².